The predicted molar refractivity (Wildman–Crippen MR) is 61.1 cm³/mol. The number of hydrogen-bond acceptors (Lipinski definition) is 3. The fourth-order valence-electron chi connectivity index (χ4n) is 1.35. The van der Waals surface area contributed by atoms with Crippen molar-refractivity contribution in [2.45, 2.75) is 51.2 Å². The molecule has 0 aromatic carbocycles. The van der Waals surface area contributed by atoms with Gasteiger partial charge in [-0.15, -0.1) is 0 Å². The van der Waals surface area contributed by atoms with Gasteiger partial charge in [-0.2, -0.15) is 0 Å². The summed E-state index contributed by atoms with van der Waals surface area (Å²) in [6.07, 6.45) is 4.66. The van der Waals surface area contributed by atoms with Crippen molar-refractivity contribution in [2.75, 3.05) is 12.3 Å². The minimum Gasteiger partial charge on any atom is -0.330 e. The van der Waals surface area contributed by atoms with Crippen LogP contribution in [0.4, 0.5) is 0 Å². The molecule has 14 heavy (non-hydrogen) atoms. The molecule has 0 aromatic rings. The van der Waals surface area contributed by atoms with Crippen molar-refractivity contribution < 1.29 is 8.42 Å². The van der Waals surface area contributed by atoms with E-state index in [1.807, 2.05) is 0 Å². The molecular weight excluding hydrogens is 198 g/mol. The van der Waals surface area contributed by atoms with Crippen LogP contribution < -0.4 is 5.73 Å². The van der Waals surface area contributed by atoms with Crippen molar-refractivity contribution in [3.05, 3.63) is 0 Å². The Labute approximate surface area is 88.0 Å². The second kappa shape index (κ2) is 7.23. The molecule has 0 aromatic heterocycles. The van der Waals surface area contributed by atoms with Crippen LogP contribution in [0.25, 0.3) is 0 Å². The standard InChI is InChI=1S/C10H23NO2S/c1-3-4-5-6-9-14(12,13)10(2)7-8-11/h10H,3-9,11H2,1-2H3. The van der Waals surface area contributed by atoms with Gasteiger partial charge in [0.1, 0.15) is 0 Å². The van der Waals surface area contributed by atoms with Gasteiger partial charge < -0.3 is 5.73 Å². The Balaban J connectivity index is 3.83. The van der Waals surface area contributed by atoms with Gasteiger partial charge in [0, 0.05) is 0 Å². The average molecular weight is 221 g/mol. The number of nitrogens with two attached hydrogens (primary N) is 1. The van der Waals surface area contributed by atoms with Crippen LogP contribution in [0.5, 0.6) is 0 Å². The molecule has 2 N–H and O–H groups in total. The van der Waals surface area contributed by atoms with Crippen LogP contribution in [0, 0.1) is 0 Å². The number of hydrogen-bond donors (Lipinski definition) is 1. The third kappa shape index (κ3) is 5.60. The van der Waals surface area contributed by atoms with Gasteiger partial charge >= 0.3 is 0 Å². The van der Waals surface area contributed by atoms with E-state index in [1.54, 1.807) is 6.92 Å². The summed E-state index contributed by atoms with van der Waals surface area (Å²) >= 11 is 0. The maximum atomic E-state index is 11.6. The smallest absolute Gasteiger partial charge is 0.152 e. The Morgan fingerprint density at radius 1 is 1.21 bits per heavy atom. The maximum Gasteiger partial charge on any atom is 0.152 e. The summed E-state index contributed by atoms with van der Waals surface area (Å²) in [6.45, 7) is 4.32. The first-order valence-corrected chi connectivity index (χ1v) is 7.17. The lowest BCUT2D eigenvalue weighted by Gasteiger charge is -2.11. The SMILES string of the molecule is CCCCCCS(=O)(=O)C(C)CCN. The number of sulfone groups is 1. The number of rotatable bonds is 8. The highest BCUT2D eigenvalue weighted by Crippen LogP contribution is 2.09. The summed E-state index contributed by atoms with van der Waals surface area (Å²) in [7, 11) is -2.88. The predicted octanol–water partition coefficient (Wildman–Crippen LogP) is 1.72. The van der Waals surface area contributed by atoms with E-state index in [0.29, 0.717) is 18.7 Å². The molecule has 4 heteroatoms. The van der Waals surface area contributed by atoms with Crippen LogP contribution in [0.15, 0.2) is 0 Å². The lowest BCUT2D eigenvalue weighted by atomic mass is 10.2. The zero-order chi connectivity index (χ0) is 11.0. The first-order valence-electron chi connectivity index (χ1n) is 5.46. The molecule has 0 aliphatic rings. The van der Waals surface area contributed by atoms with E-state index in [4.69, 9.17) is 5.73 Å². The Morgan fingerprint density at radius 2 is 1.86 bits per heavy atom. The summed E-state index contributed by atoms with van der Waals surface area (Å²) in [5.41, 5.74) is 5.34. The van der Waals surface area contributed by atoms with Crippen LogP contribution in [0.3, 0.4) is 0 Å². The van der Waals surface area contributed by atoms with Gasteiger partial charge in [-0.1, -0.05) is 26.2 Å². The molecule has 0 bridgehead atoms. The highest BCUT2D eigenvalue weighted by atomic mass is 32.2. The molecule has 0 saturated carbocycles. The molecular formula is C10H23NO2S. The van der Waals surface area contributed by atoms with E-state index in [-0.39, 0.29) is 5.25 Å². The van der Waals surface area contributed by atoms with Gasteiger partial charge in [-0.05, 0) is 26.3 Å². The first-order chi connectivity index (χ1) is 6.54. The van der Waals surface area contributed by atoms with Gasteiger partial charge in [0.15, 0.2) is 9.84 Å². The van der Waals surface area contributed by atoms with Crippen molar-refractivity contribution >= 4 is 9.84 Å². The van der Waals surface area contributed by atoms with Crippen LogP contribution in [-0.4, -0.2) is 26.0 Å². The molecule has 0 saturated heterocycles. The first kappa shape index (κ1) is 13.9. The fraction of sp³-hybridized carbons (Fsp3) is 1.00. The third-order valence-corrected chi connectivity index (χ3v) is 4.79. The van der Waals surface area contributed by atoms with E-state index < -0.39 is 9.84 Å². The average Bonchev–Trinajstić information content (AvgIpc) is 2.13. The highest BCUT2D eigenvalue weighted by Gasteiger charge is 2.18. The second-order valence-electron chi connectivity index (χ2n) is 3.82. The van der Waals surface area contributed by atoms with Gasteiger partial charge in [0.05, 0.1) is 11.0 Å². The Hall–Kier alpha value is -0.0900. The lowest BCUT2D eigenvalue weighted by molar-refractivity contribution is 0.572. The minimum atomic E-state index is -2.88. The zero-order valence-corrected chi connectivity index (χ0v) is 10.1. The summed E-state index contributed by atoms with van der Waals surface area (Å²) < 4.78 is 23.3. The molecule has 1 atom stereocenters. The van der Waals surface area contributed by atoms with E-state index in [0.717, 1.165) is 25.7 Å². The Bertz CT molecular complexity index is 224. The summed E-state index contributed by atoms with van der Waals surface area (Å²) in [6, 6.07) is 0. The normalized spacial score (nSPS) is 14.2. The van der Waals surface area contributed by atoms with Crippen molar-refractivity contribution in [1.82, 2.24) is 0 Å². The molecule has 0 fully saturated rings. The molecule has 3 nitrogen and oxygen atoms in total. The molecule has 0 aliphatic carbocycles. The molecule has 0 heterocycles. The molecule has 86 valence electrons. The zero-order valence-electron chi connectivity index (χ0n) is 9.33. The summed E-state index contributed by atoms with van der Waals surface area (Å²) in [4.78, 5) is 0. The van der Waals surface area contributed by atoms with E-state index in [9.17, 15) is 8.42 Å². The molecule has 0 spiro atoms. The molecule has 0 radical (unpaired) electrons. The third-order valence-electron chi connectivity index (χ3n) is 2.47. The van der Waals surface area contributed by atoms with Gasteiger partial charge in [0.2, 0.25) is 0 Å². The van der Waals surface area contributed by atoms with Gasteiger partial charge in [-0.3, -0.25) is 0 Å². The molecule has 0 rings (SSSR count). The van der Waals surface area contributed by atoms with Crippen molar-refractivity contribution in [2.24, 2.45) is 5.73 Å². The largest absolute Gasteiger partial charge is 0.330 e. The fourth-order valence-corrected chi connectivity index (χ4v) is 2.85. The van der Waals surface area contributed by atoms with Gasteiger partial charge in [0.25, 0.3) is 0 Å². The quantitative estimate of drug-likeness (QED) is 0.635. The van der Waals surface area contributed by atoms with E-state index >= 15 is 0 Å². The maximum absolute atomic E-state index is 11.6. The summed E-state index contributed by atoms with van der Waals surface area (Å²) in [5.74, 6) is 0.328. The molecule has 0 amide bonds. The molecule has 0 aliphatic heterocycles. The van der Waals surface area contributed by atoms with Crippen LogP contribution in [0.1, 0.15) is 46.0 Å². The van der Waals surface area contributed by atoms with Crippen LogP contribution in [0.2, 0.25) is 0 Å². The monoisotopic (exact) mass is 221 g/mol. The Kier molecular flexibility index (Phi) is 7.19. The topological polar surface area (TPSA) is 60.2 Å². The van der Waals surface area contributed by atoms with E-state index in [1.165, 1.54) is 0 Å². The number of unbranched alkanes of at least 4 members (excludes halogenated alkanes) is 3. The van der Waals surface area contributed by atoms with Crippen LogP contribution in [-0.2, 0) is 9.84 Å². The van der Waals surface area contributed by atoms with Crippen LogP contribution >= 0.6 is 0 Å². The summed E-state index contributed by atoms with van der Waals surface area (Å²) in [5, 5.41) is -0.269. The highest BCUT2D eigenvalue weighted by molar-refractivity contribution is 7.91. The van der Waals surface area contributed by atoms with Gasteiger partial charge in [-0.25, -0.2) is 8.42 Å². The van der Waals surface area contributed by atoms with Crippen molar-refractivity contribution in [1.29, 1.82) is 0 Å². The van der Waals surface area contributed by atoms with Crippen molar-refractivity contribution in [3.63, 3.8) is 0 Å². The Morgan fingerprint density at radius 3 is 2.36 bits per heavy atom. The second-order valence-corrected chi connectivity index (χ2v) is 6.35. The lowest BCUT2D eigenvalue weighted by Crippen LogP contribution is -2.23. The minimum absolute atomic E-state index is 0.269. The van der Waals surface area contributed by atoms with Crippen molar-refractivity contribution in [3.8, 4) is 0 Å². The van der Waals surface area contributed by atoms with E-state index in [2.05, 4.69) is 6.92 Å². The molecule has 1 unspecified atom stereocenters.